The molecule has 21 heavy (non-hydrogen) atoms. The SMILES string of the molecule is O=C(O)CSc1nc2c(Cl)cccc2n1C1CCCSC1. The van der Waals surface area contributed by atoms with E-state index in [4.69, 9.17) is 16.7 Å². The number of hydrogen-bond donors (Lipinski definition) is 1. The average Bonchev–Trinajstić information content (AvgIpc) is 2.86. The van der Waals surface area contributed by atoms with Crippen LogP contribution in [-0.4, -0.2) is 37.9 Å². The molecule has 1 aromatic carbocycles. The van der Waals surface area contributed by atoms with Crippen LogP contribution in [0, 0.1) is 0 Å². The Morgan fingerprint density at radius 3 is 3.14 bits per heavy atom. The van der Waals surface area contributed by atoms with Crippen LogP contribution in [0.4, 0.5) is 0 Å². The summed E-state index contributed by atoms with van der Waals surface area (Å²) in [5.41, 5.74) is 1.77. The Kier molecular flexibility index (Phi) is 4.66. The Bertz CT molecular complexity index is 668. The summed E-state index contributed by atoms with van der Waals surface area (Å²) < 4.78 is 2.18. The maximum atomic E-state index is 10.9. The van der Waals surface area contributed by atoms with Gasteiger partial charge in [-0.1, -0.05) is 29.4 Å². The molecule has 2 heterocycles. The molecule has 0 aliphatic carbocycles. The van der Waals surface area contributed by atoms with E-state index in [0.29, 0.717) is 11.1 Å². The van der Waals surface area contributed by atoms with Gasteiger partial charge < -0.3 is 9.67 Å². The fraction of sp³-hybridized carbons (Fsp3) is 0.429. The summed E-state index contributed by atoms with van der Waals surface area (Å²) in [6, 6.07) is 6.12. The molecule has 1 saturated heterocycles. The average molecular weight is 343 g/mol. The van der Waals surface area contributed by atoms with Crippen LogP contribution in [0.5, 0.6) is 0 Å². The number of carboxylic acid groups (broad SMARTS) is 1. The summed E-state index contributed by atoms with van der Waals surface area (Å²) in [6.45, 7) is 0. The van der Waals surface area contributed by atoms with Crippen molar-refractivity contribution < 1.29 is 9.90 Å². The summed E-state index contributed by atoms with van der Waals surface area (Å²) in [5, 5.41) is 10.3. The molecule has 0 amide bonds. The summed E-state index contributed by atoms with van der Waals surface area (Å²) in [7, 11) is 0. The molecule has 1 N–H and O–H groups in total. The fourth-order valence-corrected chi connectivity index (χ4v) is 4.70. The van der Waals surface area contributed by atoms with Crippen molar-refractivity contribution in [3.8, 4) is 0 Å². The largest absolute Gasteiger partial charge is 0.481 e. The fourth-order valence-electron chi connectivity index (χ4n) is 2.57. The van der Waals surface area contributed by atoms with Crippen LogP contribution >= 0.6 is 35.1 Å². The molecule has 1 atom stereocenters. The number of carboxylic acids is 1. The third-order valence-corrected chi connectivity index (χ3v) is 5.90. The van der Waals surface area contributed by atoms with E-state index in [1.807, 2.05) is 30.0 Å². The van der Waals surface area contributed by atoms with E-state index in [0.717, 1.165) is 28.4 Å². The number of imidazole rings is 1. The van der Waals surface area contributed by atoms with Crippen molar-refractivity contribution in [1.29, 1.82) is 0 Å². The number of aromatic nitrogens is 2. The van der Waals surface area contributed by atoms with Gasteiger partial charge in [0.2, 0.25) is 0 Å². The van der Waals surface area contributed by atoms with Crippen molar-refractivity contribution in [3.63, 3.8) is 0 Å². The molecule has 1 fully saturated rings. The number of rotatable bonds is 4. The molecular weight excluding hydrogens is 328 g/mol. The highest BCUT2D eigenvalue weighted by Crippen LogP contribution is 2.36. The number of carbonyl (C=O) groups is 1. The number of hydrogen-bond acceptors (Lipinski definition) is 4. The number of nitrogens with zero attached hydrogens (tertiary/aromatic N) is 2. The van der Waals surface area contributed by atoms with Gasteiger partial charge in [-0.15, -0.1) is 0 Å². The van der Waals surface area contributed by atoms with Gasteiger partial charge in [-0.3, -0.25) is 4.79 Å². The number of fused-ring (bicyclic) bond motifs is 1. The molecule has 0 radical (unpaired) electrons. The van der Waals surface area contributed by atoms with E-state index in [1.165, 1.54) is 23.9 Å². The first-order valence-corrected chi connectivity index (χ1v) is 9.27. The van der Waals surface area contributed by atoms with Crippen molar-refractivity contribution in [3.05, 3.63) is 23.2 Å². The predicted octanol–water partition coefficient (Wildman–Crippen LogP) is 3.93. The van der Waals surface area contributed by atoms with Crippen LogP contribution in [0.15, 0.2) is 23.4 Å². The minimum Gasteiger partial charge on any atom is -0.481 e. The van der Waals surface area contributed by atoms with Crippen molar-refractivity contribution >= 4 is 52.1 Å². The van der Waals surface area contributed by atoms with Gasteiger partial charge in [0.05, 0.1) is 16.3 Å². The third-order valence-electron chi connectivity index (χ3n) is 3.46. The van der Waals surface area contributed by atoms with Crippen LogP contribution in [0.25, 0.3) is 11.0 Å². The molecule has 2 aromatic rings. The molecule has 0 bridgehead atoms. The van der Waals surface area contributed by atoms with Gasteiger partial charge in [-0.05, 0) is 30.7 Å². The van der Waals surface area contributed by atoms with Gasteiger partial charge in [0, 0.05) is 11.8 Å². The Morgan fingerprint density at radius 2 is 2.43 bits per heavy atom. The van der Waals surface area contributed by atoms with E-state index in [-0.39, 0.29) is 5.75 Å². The van der Waals surface area contributed by atoms with Gasteiger partial charge in [0.15, 0.2) is 5.16 Å². The van der Waals surface area contributed by atoms with Gasteiger partial charge in [-0.2, -0.15) is 11.8 Å². The lowest BCUT2D eigenvalue weighted by Crippen LogP contribution is -2.17. The topological polar surface area (TPSA) is 55.1 Å². The Balaban J connectivity index is 2.06. The van der Waals surface area contributed by atoms with E-state index in [2.05, 4.69) is 9.55 Å². The van der Waals surface area contributed by atoms with Crippen LogP contribution in [0.3, 0.4) is 0 Å². The van der Waals surface area contributed by atoms with Gasteiger partial charge >= 0.3 is 5.97 Å². The van der Waals surface area contributed by atoms with Crippen LogP contribution in [-0.2, 0) is 4.79 Å². The molecule has 112 valence electrons. The lowest BCUT2D eigenvalue weighted by molar-refractivity contribution is -0.133. The summed E-state index contributed by atoms with van der Waals surface area (Å²) in [6.07, 6.45) is 2.28. The normalized spacial score (nSPS) is 19.0. The van der Waals surface area contributed by atoms with Crippen LogP contribution in [0.1, 0.15) is 18.9 Å². The Morgan fingerprint density at radius 1 is 1.57 bits per heavy atom. The van der Waals surface area contributed by atoms with Crippen molar-refractivity contribution in [2.45, 2.75) is 24.0 Å². The van der Waals surface area contributed by atoms with Crippen LogP contribution < -0.4 is 0 Å². The highest BCUT2D eigenvalue weighted by Gasteiger charge is 2.23. The lowest BCUT2D eigenvalue weighted by atomic mass is 10.2. The predicted molar refractivity (Wildman–Crippen MR) is 88.7 cm³/mol. The number of benzene rings is 1. The highest BCUT2D eigenvalue weighted by molar-refractivity contribution is 8.00. The number of para-hydroxylation sites is 1. The van der Waals surface area contributed by atoms with Crippen LogP contribution in [0.2, 0.25) is 5.02 Å². The zero-order valence-corrected chi connectivity index (χ0v) is 13.7. The minimum absolute atomic E-state index is 0.0147. The molecule has 7 heteroatoms. The smallest absolute Gasteiger partial charge is 0.313 e. The summed E-state index contributed by atoms with van der Waals surface area (Å²) >= 11 is 9.44. The van der Waals surface area contributed by atoms with E-state index in [1.54, 1.807) is 0 Å². The van der Waals surface area contributed by atoms with Gasteiger partial charge in [-0.25, -0.2) is 4.98 Å². The first-order valence-electron chi connectivity index (χ1n) is 6.75. The molecule has 0 saturated carbocycles. The zero-order valence-electron chi connectivity index (χ0n) is 11.3. The standard InChI is InChI=1S/C14H15ClN2O2S2/c15-10-4-1-5-11-13(10)16-14(21-8-12(18)19)17(11)9-3-2-6-20-7-9/h1,4-5,9H,2-3,6-8H2,(H,18,19). The van der Waals surface area contributed by atoms with Crippen molar-refractivity contribution in [2.75, 3.05) is 17.3 Å². The van der Waals surface area contributed by atoms with E-state index in [9.17, 15) is 4.79 Å². The third kappa shape index (κ3) is 3.17. The van der Waals surface area contributed by atoms with Crippen molar-refractivity contribution in [2.24, 2.45) is 0 Å². The second kappa shape index (κ2) is 6.50. The summed E-state index contributed by atoms with van der Waals surface area (Å²) in [4.78, 5) is 15.4. The zero-order chi connectivity index (χ0) is 14.8. The molecule has 1 unspecified atom stereocenters. The van der Waals surface area contributed by atoms with E-state index >= 15 is 0 Å². The maximum Gasteiger partial charge on any atom is 0.313 e. The quantitative estimate of drug-likeness (QED) is 0.853. The molecular formula is C14H15ClN2O2S2. The molecule has 4 nitrogen and oxygen atoms in total. The summed E-state index contributed by atoms with van der Waals surface area (Å²) in [5.74, 6) is 1.42. The number of thioether (sulfide) groups is 2. The van der Waals surface area contributed by atoms with E-state index < -0.39 is 5.97 Å². The highest BCUT2D eigenvalue weighted by atomic mass is 35.5. The lowest BCUT2D eigenvalue weighted by Gasteiger charge is -2.24. The monoisotopic (exact) mass is 342 g/mol. The van der Waals surface area contributed by atoms with Gasteiger partial charge in [0.25, 0.3) is 0 Å². The first-order chi connectivity index (χ1) is 10.2. The molecule has 1 aliphatic heterocycles. The molecule has 1 aliphatic rings. The second-order valence-electron chi connectivity index (χ2n) is 4.93. The van der Waals surface area contributed by atoms with Gasteiger partial charge in [0.1, 0.15) is 5.52 Å². The second-order valence-corrected chi connectivity index (χ2v) is 7.42. The Labute approximate surface area is 136 Å². The molecule has 0 spiro atoms. The first kappa shape index (κ1) is 15.1. The maximum absolute atomic E-state index is 10.9. The molecule has 3 rings (SSSR count). The number of aliphatic carboxylic acids is 1. The number of halogens is 1. The Hall–Kier alpha value is -0.850. The minimum atomic E-state index is -0.831. The molecule has 1 aromatic heterocycles. The van der Waals surface area contributed by atoms with Crippen molar-refractivity contribution in [1.82, 2.24) is 9.55 Å².